The zero-order valence-corrected chi connectivity index (χ0v) is 16.0. The molecule has 2 aromatic carbocycles. The van der Waals surface area contributed by atoms with E-state index in [1.165, 1.54) is 0 Å². The average molecular weight is 388 g/mol. The van der Waals surface area contributed by atoms with Gasteiger partial charge >= 0.3 is 0 Å². The van der Waals surface area contributed by atoms with Crippen LogP contribution in [-0.2, 0) is 6.42 Å². The molecule has 6 nitrogen and oxygen atoms in total. The number of aryl methyl sites for hydroxylation is 1. The van der Waals surface area contributed by atoms with Gasteiger partial charge in [0.05, 0.1) is 12.2 Å². The van der Waals surface area contributed by atoms with E-state index in [1.807, 2.05) is 31.2 Å². The van der Waals surface area contributed by atoms with Crippen molar-refractivity contribution >= 4 is 11.7 Å². The molecule has 0 unspecified atom stereocenters. The summed E-state index contributed by atoms with van der Waals surface area (Å²) in [5.41, 5.74) is 9.27. The van der Waals surface area contributed by atoms with Gasteiger partial charge in [-0.15, -0.1) is 0 Å². The van der Waals surface area contributed by atoms with Crippen molar-refractivity contribution in [2.24, 2.45) is 5.73 Å². The third-order valence-corrected chi connectivity index (χ3v) is 4.82. The summed E-state index contributed by atoms with van der Waals surface area (Å²) in [5, 5.41) is 0. The summed E-state index contributed by atoms with van der Waals surface area (Å²) in [6, 6.07) is 14.5. The second-order valence-corrected chi connectivity index (χ2v) is 6.98. The monoisotopic (exact) mass is 388 g/mol. The maximum Gasteiger partial charge on any atom is 0.248 e. The number of nitrogens with zero attached hydrogens (tertiary/aromatic N) is 1. The number of aromatic nitrogens is 1. The van der Waals surface area contributed by atoms with Crippen LogP contribution in [0.4, 0.5) is 0 Å². The second-order valence-electron chi connectivity index (χ2n) is 6.98. The average Bonchev–Trinajstić information content (AvgIpc) is 2.70. The van der Waals surface area contributed by atoms with Gasteiger partial charge in [0.2, 0.25) is 11.8 Å². The molecular formula is C23H20N2O4. The number of carbonyl (C=O) groups is 2. The van der Waals surface area contributed by atoms with E-state index in [4.69, 9.17) is 15.2 Å². The number of Topliss-reactive ketones (excluding diaryl/α,β-unsaturated/α-hetero) is 1. The molecule has 1 aliphatic heterocycles. The Morgan fingerprint density at radius 2 is 1.93 bits per heavy atom. The Labute approximate surface area is 168 Å². The molecule has 0 spiro atoms. The van der Waals surface area contributed by atoms with E-state index in [0.29, 0.717) is 48.0 Å². The van der Waals surface area contributed by atoms with Crippen molar-refractivity contribution in [3.8, 4) is 17.4 Å². The first-order valence-electron chi connectivity index (χ1n) is 9.32. The topological polar surface area (TPSA) is 91.5 Å². The van der Waals surface area contributed by atoms with Crippen LogP contribution in [0.15, 0.2) is 54.7 Å². The highest BCUT2D eigenvalue weighted by atomic mass is 16.5. The van der Waals surface area contributed by atoms with Gasteiger partial charge in [-0.1, -0.05) is 12.1 Å². The number of pyridine rings is 1. The number of hydrogen-bond acceptors (Lipinski definition) is 5. The van der Waals surface area contributed by atoms with Crippen LogP contribution in [0.25, 0.3) is 0 Å². The highest BCUT2D eigenvalue weighted by Crippen LogP contribution is 2.34. The van der Waals surface area contributed by atoms with Crippen LogP contribution >= 0.6 is 0 Å². The summed E-state index contributed by atoms with van der Waals surface area (Å²) >= 11 is 0. The van der Waals surface area contributed by atoms with Crippen molar-refractivity contribution in [1.29, 1.82) is 0 Å². The van der Waals surface area contributed by atoms with E-state index >= 15 is 0 Å². The molecule has 1 amide bonds. The first-order valence-corrected chi connectivity index (χ1v) is 9.32. The fraction of sp³-hybridized carbons (Fsp3) is 0.174. The van der Waals surface area contributed by atoms with Gasteiger partial charge in [-0.25, -0.2) is 4.98 Å². The van der Waals surface area contributed by atoms with E-state index in [-0.39, 0.29) is 5.78 Å². The number of ether oxygens (including phenoxy) is 2. The summed E-state index contributed by atoms with van der Waals surface area (Å²) in [6.07, 6.45) is 2.76. The first-order chi connectivity index (χ1) is 14.0. The Hall–Kier alpha value is -3.67. The zero-order valence-electron chi connectivity index (χ0n) is 16.0. The molecule has 1 aromatic heterocycles. The van der Waals surface area contributed by atoms with E-state index < -0.39 is 5.91 Å². The number of rotatable bonds is 5. The van der Waals surface area contributed by atoms with Crippen LogP contribution in [-0.4, -0.2) is 23.3 Å². The molecule has 0 saturated heterocycles. The fourth-order valence-corrected chi connectivity index (χ4v) is 3.26. The molecule has 0 radical (unpaired) electrons. The van der Waals surface area contributed by atoms with E-state index in [1.54, 1.807) is 30.5 Å². The summed E-state index contributed by atoms with van der Waals surface area (Å²) in [7, 11) is 0. The third-order valence-electron chi connectivity index (χ3n) is 4.82. The van der Waals surface area contributed by atoms with Crippen molar-refractivity contribution in [2.45, 2.75) is 19.8 Å². The molecule has 3 aromatic rings. The lowest BCUT2D eigenvalue weighted by molar-refractivity contribution is 0.0932. The molecule has 0 saturated carbocycles. The number of benzene rings is 2. The SMILES string of the molecule is Cc1cc2c(cc1Oc1cc(Cc3ccc(C(N)=O)cc3)ccn1)OCCC2=O. The van der Waals surface area contributed by atoms with E-state index in [2.05, 4.69) is 4.98 Å². The predicted octanol–water partition coefficient (Wildman–Crippen LogP) is 3.84. The van der Waals surface area contributed by atoms with E-state index in [9.17, 15) is 9.59 Å². The predicted molar refractivity (Wildman–Crippen MR) is 108 cm³/mol. The normalized spacial score (nSPS) is 12.8. The van der Waals surface area contributed by atoms with E-state index in [0.717, 1.165) is 16.7 Å². The van der Waals surface area contributed by atoms with Crippen LogP contribution in [0.1, 0.15) is 43.8 Å². The molecule has 2 N–H and O–H groups in total. The van der Waals surface area contributed by atoms with Crippen LogP contribution in [0, 0.1) is 6.92 Å². The molecule has 0 aliphatic carbocycles. The molecule has 4 rings (SSSR count). The Morgan fingerprint density at radius 3 is 2.69 bits per heavy atom. The summed E-state index contributed by atoms with van der Waals surface area (Å²) < 4.78 is 11.6. The quantitative estimate of drug-likeness (QED) is 0.717. The van der Waals surface area contributed by atoms with Gasteiger partial charge < -0.3 is 15.2 Å². The maximum atomic E-state index is 12.0. The fourth-order valence-electron chi connectivity index (χ4n) is 3.26. The van der Waals surface area contributed by atoms with Gasteiger partial charge in [0.15, 0.2) is 5.78 Å². The molecule has 0 atom stereocenters. The summed E-state index contributed by atoms with van der Waals surface area (Å²) in [6.45, 7) is 2.28. The van der Waals surface area contributed by atoms with Gasteiger partial charge in [0.1, 0.15) is 11.5 Å². The first kappa shape index (κ1) is 18.7. The number of nitrogens with two attached hydrogens (primary N) is 1. The number of carbonyl (C=O) groups excluding carboxylic acids is 2. The lowest BCUT2D eigenvalue weighted by Crippen LogP contribution is -2.15. The van der Waals surface area contributed by atoms with Gasteiger partial charge in [-0.2, -0.15) is 0 Å². The minimum atomic E-state index is -0.442. The van der Waals surface area contributed by atoms with Crippen molar-refractivity contribution in [3.63, 3.8) is 0 Å². The molecule has 2 heterocycles. The van der Waals surface area contributed by atoms with Crippen LogP contribution < -0.4 is 15.2 Å². The smallest absolute Gasteiger partial charge is 0.248 e. The maximum absolute atomic E-state index is 12.0. The van der Waals surface area contributed by atoms with Gasteiger partial charge in [0, 0.05) is 30.3 Å². The number of amides is 1. The Kier molecular flexibility index (Phi) is 4.99. The molecule has 0 bridgehead atoms. The van der Waals surface area contributed by atoms with Gasteiger partial charge in [-0.3, -0.25) is 9.59 Å². The van der Waals surface area contributed by atoms with Crippen molar-refractivity contribution < 1.29 is 19.1 Å². The third kappa shape index (κ3) is 4.11. The lowest BCUT2D eigenvalue weighted by Gasteiger charge is -2.18. The Morgan fingerprint density at radius 1 is 1.14 bits per heavy atom. The molecule has 0 fully saturated rings. The molecule has 6 heteroatoms. The van der Waals surface area contributed by atoms with Crippen LogP contribution in [0.5, 0.6) is 17.4 Å². The highest BCUT2D eigenvalue weighted by molar-refractivity contribution is 6.00. The summed E-state index contributed by atoms with van der Waals surface area (Å²) in [5.74, 6) is 1.26. The second kappa shape index (κ2) is 7.75. The molecule has 29 heavy (non-hydrogen) atoms. The molecule has 1 aliphatic rings. The van der Waals surface area contributed by atoms with Gasteiger partial charge in [-0.05, 0) is 54.3 Å². The molecule has 146 valence electrons. The molecular weight excluding hydrogens is 368 g/mol. The number of primary amides is 1. The zero-order chi connectivity index (χ0) is 20.4. The van der Waals surface area contributed by atoms with Crippen molar-refractivity contribution in [3.05, 3.63) is 82.5 Å². The van der Waals surface area contributed by atoms with Crippen LogP contribution in [0.3, 0.4) is 0 Å². The largest absolute Gasteiger partial charge is 0.492 e. The number of ketones is 1. The minimum Gasteiger partial charge on any atom is -0.492 e. The minimum absolute atomic E-state index is 0.0865. The summed E-state index contributed by atoms with van der Waals surface area (Å²) in [4.78, 5) is 27.5. The Balaban J connectivity index is 1.53. The Bertz CT molecular complexity index is 1090. The lowest BCUT2D eigenvalue weighted by atomic mass is 10.0. The van der Waals surface area contributed by atoms with Crippen LogP contribution in [0.2, 0.25) is 0 Å². The highest BCUT2D eigenvalue weighted by Gasteiger charge is 2.21. The number of fused-ring (bicyclic) bond motifs is 1. The van der Waals surface area contributed by atoms with Crippen molar-refractivity contribution in [2.75, 3.05) is 6.61 Å². The van der Waals surface area contributed by atoms with Gasteiger partial charge in [0.25, 0.3) is 0 Å². The van der Waals surface area contributed by atoms with Crippen molar-refractivity contribution in [1.82, 2.24) is 4.98 Å². The number of hydrogen-bond donors (Lipinski definition) is 1. The standard InChI is InChI=1S/C23H20N2O4/c1-14-10-18-19(26)7-9-28-21(18)13-20(14)29-22-12-16(6-8-25-22)11-15-2-4-17(5-3-15)23(24)27/h2-6,8,10,12-13H,7,9,11H2,1H3,(H2,24,27).